The molecular formula is C24H38O8. The normalized spacial score (nSPS) is 10.5. The molecule has 0 saturated carbocycles. The van der Waals surface area contributed by atoms with Gasteiger partial charge in [0.15, 0.2) is 11.5 Å². The lowest BCUT2D eigenvalue weighted by Gasteiger charge is -2.08. The summed E-state index contributed by atoms with van der Waals surface area (Å²) >= 11 is 0. The average Bonchev–Trinajstić information content (AvgIpc) is 2.81. The van der Waals surface area contributed by atoms with Crippen molar-refractivity contribution >= 4 is 12.1 Å². The van der Waals surface area contributed by atoms with Gasteiger partial charge in [0.2, 0.25) is 0 Å². The number of methoxy groups -OCH3 is 2. The molecule has 0 aromatic heterocycles. The smallest absolute Gasteiger partial charge is 0.493 e. The summed E-state index contributed by atoms with van der Waals surface area (Å²) in [6, 6.07) is 4.41. The highest BCUT2D eigenvalue weighted by Gasteiger charge is 2.15. The summed E-state index contributed by atoms with van der Waals surface area (Å²) in [5, 5.41) is 4.21. The van der Waals surface area contributed by atoms with E-state index < -0.39 is 12.1 Å². The molecule has 0 N–H and O–H groups in total. The first-order valence-electron chi connectivity index (χ1n) is 11.6. The van der Waals surface area contributed by atoms with Crippen LogP contribution in [0, 0.1) is 0 Å². The maximum Gasteiger partial charge on any atom is 0.543 e. The standard InChI is InChI=1S/C24H38O8/c1-4-5-6-7-8-9-10-11-12-13-14-15-18-29-24(26)31-32-30-23(25)20-16-17-21(27-2)22(19-20)28-3/h16-17,19H,4-15,18H2,1-3H3. The van der Waals surface area contributed by atoms with Crippen LogP contribution in [0.5, 0.6) is 11.5 Å². The van der Waals surface area contributed by atoms with Crippen LogP contribution in [-0.4, -0.2) is 33.0 Å². The molecule has 182 valence electrons. The van der Waals surface area contributed by atoms with Crippen molar-refractivity contribution in [2.75, 3.05) is 20.8 Å². The van der Waals surface area contributed by atoms with Crippen LogP contribution < -0.4 is 9.47 Å². The number of hydrogen-bond donors (Lipinski definition) is 0. The van der Waals surface area contributed by atoms with Crippen molar-refractivity contribution in [3.8, 4) is 11.5 Å². The van der Waals surface area contributed by atoms with Crippen molar-refractivity contribution in [1.29, 1.82) is 0 Å². The molecule has 0 aliphatic rings. The van der Waals surface area contributed by atoms with Crippen LogP contribution >= 0.6 is 0 Å². The van der Waals surface area contributed by atoms with Crippen LogP contribution in [0.4, 0.5) is 4.79 Å². The van der Waals surface area contributed by atoms with Gasteiger partial charge in [0.25, 0.3) is 0 Å². The van der Waals surface area contributed by atoms with Crippen LogP contribution in [0.15, 0.2) is 18.2 Å². The third-order valence-corrected chi connectivity index (χ3v) is 5.05. The van der Waals surface area contributed by atoms with Crippen LogP contribution in [0.1, 0.15) is 94.3 Å². The maximum absolute atomic E-state index is 11.9. The minimum absolute atomic E-state index is 0.135. The van der Waals surface area contributed by atoms with Gasteiger partial charge < -0.3 is 14.2 Å². The van der Waals surface area contributed by atoms with E-state index in [1.807, 2.05) is 0 Å². The van der Waals surface area contributed by atoms with Gasteiger partial charge in [-0.2, -0.15) is 0 Å². The average molecular weight is 455 g/mol. The Labute approximate surface area is 191 Å². The molecule has 32 heavy (non-hydrogen) atoms. The summed E-state index contributed by atoms with van der Waals surface area (Å²) in [5.74, 6) is -0.0491. The summed E-state index contributed by atoms with van der Waals surface area (Å²) in [7, 11) is 2.93. The van der Waals surface area contributed by atoms with Crippen molar-refractivity contribution in [3.63, 3.8) is 0 Å². The highest BCUT2D eigenvalue weighted by atomic mass is 17.5. The topological polar surface area (TPSA) is 89.5 Å². The van der Waals surface area contributed by atoms with Gasteiger partial charge in [0.1, 0.15) is 0 Å². The monoisotopic (exact) mass is 454 g/mol. The summed E-state index contributed by atoms with van der Waals surface area (Å²) in [6.07, 6.45) is 13.6. The van der Waals surface area contributed by atoms with Crippen LogP contribution in [0.25, 0.3) is 0 Å². The van der Waals surface area contributed by atoms with Gasteiger partial charge in [-0.15, -0.1) is 0 Å². The molecular weight excluding hydrogens is 416 g/mol. The fraction of sp³-hybridized carbons (Fsp3) is 0.667. The van der Waals surface area contributed by atoms with Crippen molar-refractivity contribution in [1.82, 2.24) is 0 Å². The lowest BCUT2D eigenvalue weighted by molar-refractivity contribution is -0.452. The van der Waals surface area contributed by atoms with E-state index in [1.54, 1.807) is 6.07 Å². The maximum atomic E-state index is 11.9. The lowest BCUT2D eigenvalue weighted by Crippen LogP contribution is -2.12. The molecule has 8 heteroatoms. The number of rotatable bonds is 18. The molecule has 1 aromatic carbocycles. The van der Waals surface area contributed by atoms with Gasteiger partial charge in [-0.05, 0) is 24.6 Å². The molecule has 0 aliphatic heterocycles. The van der Waals surface area contributed by atoms with E-state index >= 15 is 0 Å². The second-order valence-corrected chi connectivity index (χ2v) is 7.58. The Balaban J connectivity index is 2.00. The fourth-order valence-corrected chi connectivity index (χ4v) is 3.21. The van der Waals surface area contributed by atoms with Crippen LogP contribution in [-0.2, 0) is 19.6 Å². The molecule has 0 bridgehead atoms. The SMILES string of the molecule is CCCCCCCCCCCCCCOC(=O)OOOC(=O)c1ccc(OC)c(OC)c1. The van der Waals surface area contributed by atoms with E-state index in [4.69, 9.17) is 14.2 Å². The van der Waals surface area contributed by atoms with E-state index in [0.717, 1.165) is 19.3 Å². The molecule has 8 nitrogen and oxygen atoms in total. The van der Waals surface area contributed by atoms with E-state index in [0.29, 0.717) is 11.5 Å². The number of carbonyl (C=O) groups is 2. The molecule has 0 saturated heterocycles. The predicted octanol–water partition coefficient (Wildman–Crippen LogP) is 6.56. The molecule has 0 atom stereocenters. The predicted molar refractivity (Wildman–Crippen MR) is 120 cm³/mol. The summed E-state index contributed by atoms with van der Waals surface area (Å²) < 4.78 is 15.1. The van der Waals surface area contributed by atoms with Gasteiger partial charge >= 0.3 is 12.1 Å². The minimum Gasteiger partial charge on any atom is -0.493 e. The largest absolute Gasteiger partial charge is 0.543 e. The van der Waals surface area contributed by atoms with Gasteiger partial charge in [-0.25, -0.2) is 14.5 Å². The second-order valence-electron chi connectivity index (χ2n) is 7.58. The Bertz CT molecular complexity index is 647. The Morgan fingerprint density at radius 3 is 1.84 bits per heavy atom. The molecule has 0 amide bonds. The number of carbonyl (C=O) groups excluding carboxylic acids is 2. The summed E-state index contributed by atoms with van der Waals surface area (Å²) in [5.41, 5.74) is 0.135. The Morgan fingerprint density at radius 2 is 1.28 bits per heavy atom. The van der Waals surface area contributed by atoms with E-state index in [2.05, 4.69) is 21.7 Å². The Kier molecular flexibility index (Phi) is 15.6. The van der Waals surface area contributed by atoms with Gasteiger partial charge in [-0.3, -0.25) is 4.89 Å². The highest BCUT2D eigenvalue weighted by Crippen LogP contribution is 2.27. The van der Waals surface area contributed by atoms with E-state index in [1.165, 1.54) is 84.1 Å². The van der Waals surface area contributed by atoms with Crippen molar-refractivity contribution < 1.29 is 38.6 Å². The third kappa shape index (κ3) is 12.4. The Hall–Kier alpha value is -2.48. The highest BCUT2D eigenvalue weighted by molar-refractivity contribution is 5.89. The molecule has 0 heterocycles. The summed E-state index contributed by atoms with van der Waals surface area (Å²) in [6.45, 7) is 2.46. The lowest BCUT2D eigenvalue weighted by atomic mass is 10.1. The molecule has 0 fully saturated rings. The van der Waals surface area contributed by atoms with E-state index in [9.17, 15) is 9.59 Å². The van der Waals surface area contributed by atoms with Crippen LogP contribution in [0.2, 0.25) is 0 Å². The van der Waals surface area contributed by atoms with Gasteiger partial charge in [-0.1, -0.05) is 77.6 Å². The van der Waals surface area contributed by atoms with Crippen LogP contribution in [0.3, 0.4) is 0 Å². The zero-order valence-corrected chi connectivity index (χ0v) is 19.7. The molecule has 0 spiro atoms. The summed E-state index contributed by atoms with van der Waals surface area (Å²) in [4.78, 5) is 32.1. The number of unbranched alkanes of at least 4 members (excludes halogenated alkanes) is 11. The quantitative estimate of drug-likeness (QED) is 0.107. The first kappa shape index (κ1) is 27.6. The third-order valence-electron chi connectivity index (χ3n) is 5.05. The first-order chi connectivity index (χ1) is 15.6. The minimum atomic E-state index is -1.06. The molecule has 0 aliphatic carbocycles. The zero-order chi connectivity index (χ0) is 23.4. The van der Waals surface area contributed by atoms with Crippen molar-refractivity contribution in [3.05, 3.63) is 23.8 Å². The van der Waals surface area contributed by atoms with Crippen molar-refractivity contribution in [2.45, 2.75) is 84.0 Å². The zero-order valence-electron chi connectivity index (χ0n) is 19.7. The number of ether oxygens (including phenoxy) is 3. The van der Waals surface area contributed by atoms with Gasteiger partial charge in [0.05, 0.1) is 31.4 Å². The Morgan fingerprint density at radius 1 is 0.719 bits per heavy atom. The second kappa shape index (κ2) is 18.1. The number of benzene rings is 1. The first-order valence-corrected chi connectivity index (χ1v) is 11.6. The fourth-order valence-electron chi connectivity index (χ4n) is 3.21. The molecule has 1 rings (SSSR count). The number of hydrogen-bond acceptors (Lipinski definition) is 8. The van der Waals surface area contributed by atoms with Crippen molar-refractivity contribution in [2.24, 2.45) is 0 Å². The van der Waals surface area contributed by atoms with Gasteiger partial charge in [0, 0.05) is 0 Å². The van der Waals surface area contributed by atoms with E-state index in [-0.39, 0.29) is 12.2 Å². The molecule has 1 aromatic rings. The molecule has 0 unspecified atom stereocenters. The molecule has 0 radical (unpaired) electrons.